The van der Waals surface area contributed by atoms with Gasteiger partial charge < -0.3 is 10.5 Å². The molecule has 0 aliphatic carbocycles. The van der Waals surface area contributed by atoms with Gasteiger partial charge in [-0.2, -0.15) is 0 Å². The van der Waals surface area contributed by atoms with Gasteiger partial charge in [0.1, 0.15) is 5.60 Å². The van der Waals surface area contributed by atoms with E-state index in [0.29, 0.717) is 0 Å². The van der Waals surface area contributed by atoms with Gasteiger partial charge in [-0.15, -0.1) is 0 Å². The van der Waals surface area contributed by atoms with Crippen molar-refractivity contribution in [2.75, 3.05) is 0 Å². The molecule has 0 aliphatic heterocycles. The fourth-order valence-electron chi connectivity index (χ4n) is 1.38. The second kappa shape index (κ2) is 4.52. The van der Waals surface area contributed by atoms with Crippen molar-refractivity contribution < 1.29 is 9.53 Å². The Labute approximate surface area is 93.4 Å². The third-order valence-corrected chi connectivity index (χ3v) is 2.48. The topological polar surface area (TPSA) is 52.3 Å². The maximum atomic E-state index is 11.9. The molecule has 0 heterocycles. The highest BCUT2D eigenvalue weighted by molar-refractivity contribution is 5.77. The lowest BCUT2D eigenvalue weighted by Crippen LogP contribution is -2.48. The monoisotopic (exact) mass is 215 g/mol. The zero-order chi connectivity index (χ0) is 12.4. The van der Waals surface area contributed by atoms with E-state index in [1.54, 1.807) is 0 Å². The second-order valence-electron chi connectivity index (χ2n) is 5.99. The summed E-state index contributed by atoms with van der Waals surface area (Å²) in [7, 11) is 0. The molecular weight excluding hydrogens is 190 g/mol. The standard InChI is InChI=1S/C12H25NO2/c1-8(2)9(13)12(6,7)10(14)15-11(3,4)5/h8-9H,13H2,1-7H3/t9-/m1/s1. The number of hydrogen-bond donors (Lipinski definition) is 1. The van der Waals surface area contributed by atoms with E-state index in [-0.39, 0.29) is 17.9 Å². The van der Waals surface area contributed by atoms with E-state index in [0.717, 1.165) is 0 Å². The summed E-state index contributed by atoms with van der Waals surface area (Å²) in [5.41, 5.74) is 4.92. The highest BCUT2D eigenvalue weighted by Gasteiger charge is 2.39. The van der Waals surface area contributed by atoms with Gasteiger partial charge >= 0.3 is 5.97 Å². The van der Waals surface area contributed by atoms with Crippen molar-refractivity contribution in [2.24, 2.45) is 17.1 Å². The molecular formula is C12H25NO2. The molecule has 0 amide bonds. The van der Waals surface area contributed by atoms with E-state index >= 15 is 0 Å². The van der Waals surface area contributed by atoms with Crippen LogP contribution in [0.1, 0.15) is 48.5 Å². The lowest BCUT2D eigenvalue weighted by atomic mass is 9.79. The molecule has 0 unspecified atom stereocenters. The van der Waals surface area contributed by atoms with Crippen LogP contribution in [0.25, 0.3) is 0 Å². The molecule has 0 spiro atoms. The molecule has 15 heavy (non-hydrogen) atoms. The fourth-order valence-corrected chi connectivity index (χ4v) is 1.38. The normalized spacial score (nSPS) is 15.3. The van der Waals surface area contributed by atoms with Gasteiger partial charge in [0.2, 0.25) is 0 Å². The minimum atomic E-state index is -0.637. The summed E-state index contributed by atoms with van der Waals surface area (Å²) in [4.78, 5) is 11.9. The second-order valence-corrected chi connectivity index (χ2v) is 5.99. The number of carbonyl (C=O) groups is 1. The van der Waals surface area contributed by atoms with Crippen LogP contribution in [0.15, 0.2) is 0 Å². The summed E-state index contributed by atoms with van der Waals surface area (Å²) in [6.45, 7) is 13.3. The molecule has 0 saturated heterocycles. The number of ether oxygens (including phenoxy) is 1. The highest BCUT2D eigenvalue weighted by Crippen LogP contribution is 2.28. The predicted molar refractivity (Wildman–Crippen MR) is 62.4 cm³/mol. The molecule has 2 N–H and O–H groups in total. The third kappa shape index (κ3) is 4.20. The number of hydrogen-bond acceptors (Lipinski definition) is 3. The average Bonchev–Trinajstić information content (AvgIpc) is 1.99. The van der Waals surface area contributed by atoms with Crippen molar-refractivity contribution in [3.05, 3.63) is 0 Å². The third-order valence-electron chi connectivity index (χ3n) is 2.48. The van der Waals surface area contributed by atoms with Crippen molar-refractivity contribution in [2.45, 2.75) is 60.1 Å². The van der Waals surface area contributed by atoms with Crippen LogP contribution < -0.4 is 5.73 Å². The van der Waals surface area contributed by atoms with Crippen molar-refractivity contribution in [1.29, 1.82) is 0 Å². The molecule has 0 bridgehead atoms. The maximum absolute atomic E-state index is 11.9. The van der Waals surface area contributed by atoms with Gasteiger partial charge in [-0.25, -0.2) is 0 Å². The van der Waals surface area contributed by atoms with E-state index in [1.165, 1.54) is 0 Å². The number of nitrogens with two attached hydrogens (primary N) is 1. The largest absolute Gasteiger partial charge is 0.460 e. The van der Waals surface area contributed by atoms with Crippen molar-refractivity contribution >= 4 is 5.97 Å². The van der Waals surface area contributed by atoms with Gasteiger partial charge in [0.15, 0.2) is 0 Å². The predicted octanol–water partition coefficient (Wildman–Crippen LogP) is 2.34. The summed E-state index contributed by atoms with van der Waals surface area (Å²) in [6.07, 6.45) is 0. The molecule has 0 rings (SSSR count). The lowest BCUT2D eigenvalue weighted by Gasteiger charge is -2.34. The molecule has 0 aliphatic rings. The first-order valence-corrected chi connectivity index (χ1v) is 5.47. The van der Waals surface area contributed by atoms with E-state index in [1.807, 2.05) is 48.5 Å². The molecule has 0 fully saturated rings. The quantitative estimate of drug-likeness (QED) is 0.735. The van der Waals surface area contributed by atoms with Crippen LogP contribution in [-0.2, 0) is 9.53 Å². The molecule has 0 aromatic carbocycles. The summed E-state index contributed by atoms with van der Waals surface area (Å²) in [6, 6.07) is -0.188. The van der Waals surface area contributed by atoms with Gasteiger partial charge in [-0.3, -0.25) is 4.79 Å². The van der Waals surface area contributed by atoms with Gasteiger partial charge in [0, 0.05) is 6.04 Å². The van der Waals surface area contributed by atoms with Crippen LogP contribution in [0.3, 0.4) is 0 Å². The Morgan fingerprint density at radius 1 is 1.13 bits per heavy atom. The molecule has 90 valence electrons. The minimum absolute atomic E-state index is 0.188. The zero-order valence-corrected chi connectivity index (χ0v) is 11.0. The number of esters is 1. The fraction of sp³-hybridized carbons (Fsp3) is 0.917. The van der Waals surface area contributed by atoms with Crippen molar-refractivity contribution in [3.8, 4) is 0 Å². The molecule has 1 atom stereocenters. The first-order valence-electron chi connectivity index (χ1n) is 5.47. The van der Waals surface area contributed by atoms with Crippen LogP contribution in [0, 0.1) is 11.3 Å². The van der Waals surface area contributed by atoms with Gasteiger partial charge in [0.25, 0.3) is 0 Å². The maximum Gasteiger partial charge on any atom is 0.313 e. The summed E-state index contributed by atoms with van der Waals surface area (Å²) < 4.78 is 5.35. The van der Waals surface area contributed by atoms with Crippen LogP contribution >= 0.6 is 0 Å². The first-order chi connectivity index (χ1) is 6.48. The molecule has 0 aromatic heterocycles. The van der Waals surface area contributed by atoms with E-state index < -0.39 is 11.0 Å². The SMILES string of the molecule is CC(C)[C@@H](N)C(C)(C)C(=O)OC(C)(C)C. The summed E-state index contributed by atoms with van der Waals surface area (Å²) in [5.74, 6) is 0.0312. The van der Waals surface area contributed by atoms with Crippen molar-refractivity contribution in [3.63, 3.8) is 0 Å². The molecule has 3 heteroatoms. The first kappa shape index (κ1) is 14.4. The van der Waals surface area contributed by atoms with Gasteiger partial charge in [0.05, 0.1) is 5.41 Å². The van der Waals surface area contributed by atoms with Crippen LogP contribution in [0.5, 0.6) is 0 Å². The van der Waals surface area contributed by atoms with Gasteiger partial charge in [-0.05, 0) is 40.5 Å². The Morgan fingerprint density at radius 2 is 1.53 bits per heavy atom. The van der Waals surface area contributed by atoms with Crippen molar-refractivity contribution in [1.82, 2.24) is 0 Å². The number of rotatable bonds is 3. The van der Waals surface area contributed by atoms with Crippen LogP contribution in [0.4, 0.5) is 0 Å². The average molecular weight is 215 g/mol. The minimum Gasteiger partial charge on any atom is -0.460 e. The molecule has 0 saturated carbocycles. The van der Waals surface area contributed by atoms with E-state index in [2.05, 4.69) is 0 Å². The molecule has 0 aromatic rings. The highest BCUT2D eigenvalue weighted by atomic mass is 16.6. The Bertz CT molecular complexity index is 226. The van der Waals surface area contributed by atoms with Crippen LogP contribution in [-0.4, -0.2) is 17.6 Å². The zero-order valence-electron chi connectivity index (χ0n) is 11.0. The van der Waals surface area contributed by atoms with Crippen LogP contribution in [0.2, 0.25) is 0 Å². The molecule has 3 nitrogen and oxygen atoms in total. The lowest BCUT2D eigenvalue weighted by molar-refractivity contribution is -0.167. The number of carbonyl (C=O) groups excluding carboxylic acids is 1. The van der Waals surface area contributed by atoms with E-state index in [9.17, 15) is 4.79 Å². The van der Waals surface area contributed by atoms with E-state index in [4.69, 9.17) is 10.5 Å². The Morgan fingerprint density at radius 3 is 1.80 bits per heavy atom. The Hall–Kier alpha value is -0.570. The summed E-state index contributed by atoms with van der Waals surface area (Å²) in [5, 5.41) is 0. The smallest absolute Gasteiger partial charge is 0.313 e. The Kier molecular flexibility index (Phi) is 4.35. The van der Waals surface area contributed by atoms with Gasteiger partial charge in [-0.1, -0.05) is 13.8 Å². The molecule has 0 radical (unpaired) electrons. The Balaban J connectivity index is 4.66. The summed E-state index contributed by atoms with van der Waals surface area (Å²) >= 11 is 0.